The highest BCUT2D eigenvalue weighted by Crippen LogP contribution is 2.31. The number of imidazole rings is 1. The molecule has 0 saturated carbocycles. The molecular weight excluding hydrogens is 316 g/mol. The summed E-state index contributed by atoms with van der Waals surface area (Å²) in [5.41, 5.74) is 11.1. The zero-order chi connectivity index (χ0) is 16.8. The third kappa shape index (κ3) is 2.32. The highest BCUT2D eigenvalue weighted by atomic mass is 16.5. The fourth-order valence-electron chi connectivity index (χ4n) is 3.44. The van der Waals surface area contributed by atoms with E-state index in [1.54, 1.807) is 18.6 Å². The van der Waals surface area contributed by atoms with Crippen LogP contribution in [0, 0.1) is 0 Å². The Kier molecular flexibility index (Phi) is 3.14. The molecule has 0 spiro atoms. The van der Waals surface area contributed by atoms with Gasteiger partial charge in [-0.3, -0.25) is 9.38 Å². The van der Waals surface area contributed by atoms with E-state index in [1.165, 1.54) is 11.1 Å². The van der Waals surface area contributed by atoms with Crippen LogP contribution in [0.4, 0.5) is 0 Å². The highest BCUT2D eigenvalue weighted by molar-refractivity contribution is 5.61. The van der Waals surface area contributed by atoms with Crippen LogP contribution in [0.3, 0.4) is 0 Å². The van der Waals surface area contributed by atoms with Gasteiger partial charge < -0.3 is 10.3 Å². The van der Waals surface area contributed by atoms with Crippen LogP contribution >= 0.6 is 0 Å². The molecule has 1 aliphatic carbocycles. The summed E-state index contributed by atoms with van der Waals surface area (Å²) in [6.45, 7) is 0. The fourth-order valence-corrected chi connectivity index (χ4v) is 3.44. The summed E-state index contributed by atoms with van der Waals surface area (Å²) in [6.07, 6.45) is 10.1. The molecule has 0 radical (unpaired) electrons. The topological polar surface area (TPSA) is 95.1 Å². The molecule has 25 heavy (non-hydrogen) atoms. The van der Waals surface area contributed by atoms with Crippen LogP contribution < -0.4 is 5.73 Å². The first-order chi connectivity index (χ1) is 12.3. The second-order valence-electron chi connectivity index (χ2n) is 6.28. The molecule has 0 fully saturated rings. The number of aromatic nitrogens is 5. The summed E-state index contributed by atoms with van der Waals surface area (Å²) in [6, 6.07) is 6.32. The first kappa shape index (κ1) is 14.3. The minimum absolute atomic E-state index is 0.128. The van der Waals surface area contributed by atoms with Crippen molar-refractivity contribution in [2.24, 2.45) is 5.73 Å². The van der Waals surface area contributed by atoms with E-state index in [1.807, 2.05) is 16.7 Å². The summed E-state index contributed by atoms with van der Waals surface area (Å²) in [7, 11) is 0. The van der Waals surface area contributed by atoms with Crippen molar-refractivity contribution in [1.29, 1.82) is 0 Å². The Balaban J connectivity index is 1.55. The van der Waals surface area contributed by atoms with Crippen LogP contribution in [0.2, 0.25) is 0 Å². The van der Waals surface area contributed by atoms with E-state index < -0.39 is 0 Å². The SMILES string of the molecule is NC1CCCc2cc(-c3nc(-c4cnc5cnccn45)no3)ccc21. The van der Waals surface area contributed by atoms with E-state index in [0.717, 1.165) is 36.2 Å². The van der Waals surface area contributed by atoms with Crippen LogP contribution in [0.5, 0.6) is 0 Å². The molecular formula is C18H16N6O. The summed E-state index contributed by atoms with van der Waals surface area (Å²) in [5, 5.41) is 4.12. The van der Waals surface area contributed by atoms with Crippen LogP contribution in [0.15, 0.2) is 47.5 Å². The van der Waals surface area contributed by atoms with Crippen molar-refractivity contribution in [3.05, 3.63) is 54.1 Å². The standard InChI is InChI=1S/C18H16N6O/c19-14-3-1-2-11-8-12(4-5-13(11)14)18-22-17(23-25-18)15-9-21-16-10-20-6-7-24(15)16/h4-10,14H,1-3,19H2. The molecule has 1 unspecified atom stereocenters. The Labute approximate surface area is 143 Å². The summed E-state index contributed by atoms with van der Waals surface area (Å²) in [4.78, 5) is 12.9. The number of rotatable bonds is 2. The van der Waals surface area contributed by atoms with Crippen LogP contribution in [-0.2, 0) is 6.42 Å². The lowest BCUT2D eigenvalue weighted by molar-refractivity contribution is 0.432. The van der Waals surface area contributed by atoms with Crippen molar-refractivity contribution in [3.63, 3.8) is 0 Å². The molecule has 3 aromatic heterocycles. The van der Waals surface area contributed by atoms with Gasteiger partial charge in [0.15, 0.2) is 5.65 Å². The zero-order valence-corrected chi connectivity index (χ0v) is 13.5. The van der Waals surface area contributed by atoms with Crippen LogP contribution in [0.25, 0.3) is 28.6 Å². The van der Waals surface area contributed by atoms with Crippen LogP contribution in [0.1, 0.15) is 30.0 Å². The number of benzene rings is 1. The van der Waals surface area contributed by atoms with Crippen LogP contribution in [-0.4, -0.2) is 24.5 Å². The lowest BCUT2D eigenvalue weighted by atomic mass is 9.87. The number of aryl methyl sites for hydroxylation is 1. The number of fused-ring (bicyclic) bond motifs is 2. The molecule has 124 valence electrons. The largest absolute Gasteiger partial charge is 0.334 e. The van der Waals surface area contributed by atoms with Gasteiger partial charge >= 0.3 is 0 Å². The molecule has 5 rings (SSSR count). The normalized spacial score (nSPS) is 16.9. The molecule has 7 heteroatoms. The maximum absolute atomic E-state index is 6.19. The highest BCUT2D eigenvalue weighted by Gasteiger charge is 2.19. The summed E-state index contributed by atoms with van der Waals surface area (Å²) >= 11 is 0. The van der Waals surface area contributed by atoms with Crippen molar-refractivity contribution in [3.8, 4) is 23.0 Å². The Hall–Kier alpha value is -3.06. The molecule has 0 saturated heterocycles. The van der Waals surface area contributed by atoms with Gasteiger partial charge in [0.25, 0.3) is 5.89 Å². The molecule has 0 amide bonds. The molecule has 0 aliphatic heterocycles. The smallest absolute Gasteiger partial charge is 0.258 e. The summed E-state index contributed by atoms with van der Waals surface area (Å²) < 4.78 is 7.37. The zero-order valence-electron chi connectivity index (χ0n) is 13.5. The van der Waals surface area contributed by atoms with E-state index >= 15 is 0 Å². The fraction of sp³-hybridized carbons (Fsp3) is 0.222. The van der Waals surface area contributed by atoms with E-state index in [0.29, 0.717) is 11.7 Å². The third-order valence-electron chi connectivity index (χ3n) is 4.72. The van der Waals surface area contributed by atoms with Crippen molar-refractivity contribution in [1.82, 2.24) is 24.5 Å². The van der Waals surface area contributed by atoms with Crippen molar-refractivity contribution in [2.75, 3.05) is 0 Å². The number of hydrogen-bond acceptors (Lipinski definition) is 6. The summed E-state index contributed by atoms with van der Waals surface area (Å²) in [5.74, 6) is 1.00. The average Bonchev–Trinajstić information content (AvgIpc) is 3.28. The van der Waals surface area contributed by atoms with E-state index in [2.05, 4.69) is 32.2 Å². The average molecular weight is 332 g/mol. The van der Waals surface area contributed by atoms with Gasteiger partial charge in [-0.1, -0.05) is 11.2 Å². The first-order valence-corrected chi connectivity index (χ1v) is 8.29. The van der Waals surface area contributed by atoms with Gasteiger partial charge in [0, 0.05) is 24.0 Å². The minimum Gasteiger partial charge on any atom is -0.334 e. The van der Waals surface area contributed by atoms with Gasteiger partial charge in [-0.15, -0.1) is 0 Å². The minimum atomic E-state index is 0.128. The maximum atomic E-state index is 6.19. The van der Waals surface area contributed by atoms with E-state index in [4.69, 9.17) is 10.3 Å². The lowest BCUT2D eigenvalue weighted by Crippen LogP contribution is -2.17. The Morgan fingerprint density at radius 3 is 3.16 bits per heavy atom. The molecule has 1 aromatic carbocycles. The van der Waals surface area contributed by atoms with Gasteiger partial charge in [-0.05, 0) is 42.5 Å². The van der Waals surface area contributed by atoms with Crippen molar-refractivity contribution in [2.45, 2.75) is 25.3 Å². The number of nitrogens with zero attached hydrogens (tertiary/aromatic N) is 5. The van der Waals surface area contributed by atoms with Gasteiger partial charge in [-0.25, -0.2) is 4.98 Å². The maximum Gasteiger partial charge on any atom is 0.258 e. The van der Waals surface area contributed by atoms with E-state index in [9.17, 15) is 0 Å². The molecule has 4 aromatic rings. The Morgan fingerprint density at radius 1 is 1.24 bits per heavy atom. The number of hydrogen-bond donors (Lipinski definition) is 1. The van der Waals surface area contributed by atoms with Crippen molar-refractivity contribution >= 4 is 5.65 Å². The quantitative estimate of drug-likeness (QED) is 0.606. The van der Waals surface area contributed by atoms with Gasteiger partial charge in [0.2, 0.25) is 5.82 Å². The van der Waals surface area contributed by atoms with Gasteiger partial charge in [-0.2, -0.15) is 4.98 Å². The molecule has 1 aliphatic rings. The second-order valence-corrected chi connectivity index (χ2v) is 6.28. The lowest BCUT2D eigenvalue weighted by Gasteiger charge is -2.22. The monoisotopic (exact) mass is 332 g/mol. The molecule has 0 bridgehead atoms. The van der Waals surface area contributed by atoms with E-state index in [-0.39, 0.29) is 6.04 Å². The van der Waals surface area contributed by atoms with Gasteiger partial charge in [0.1, 0.15) is 5.69 Å². The predicted molar refractivity (Wildman–Crippen MR) is 91.6 cm³/mol. The first-order valence-electron chi connectivity index (χ1n) is 8.29. The number of nitrogens with two attached hydrogens (primary N) is 1. The second kappa shape index (κ2) is 5.49. The third-order valence-corrected chi connectivity index (χ3v) is 4.72. The predicted octanol–water partition coefficient (Wildman–Crippen LogP) is 2.78. The Morgan fingerprint density at radius 2 is 2.20 bits per heavy atom. The molecule has 2 N–H and O–H groups in total. The molecule has 1 atom stereocenters. The molecule has 3 heterocycles. The molecule has 7 nitrogen and oxygen atoms in total. The van der Waals surface area contributed by atoms with Crippen molar-refractivity contribution < 1.29 is 4.52 Å². The van der Waals surface area contributed by atoms with Gasteiger partial charge in [0.05, 0.1) is 12.4 Å². The Bertz CT molecular complexity index is 1070.